The van der Waals surface area contributed by atoms with Crippen molar-refractivity contribution in [3.05, 3.63) is 23.8 Å². The molecule has 0 aliphatic heterocycles. The maximum atomic E-state index is 3.94. The lowest BCUT2D eigenvalue weighted by Gasteiger charge is -1.87. The molecule has 1 aromatic carbocycles. The fraction of sp³-hybridized carbons (Fsp3) is 0.333. The van der Waals surface area contributed by atoms with E-state index in [1.54, 1.807) is 0 Å². The van der Waals surface area contributed by atoms with Crippen molar-refractivity contribution in [3.63, 3.8) is 0 Å². The molecular weight excluding hydrogens is 150 g/mol. The molecule has 3 heteroatoms. The first kappa shape index (κ1) is 8.71. The molecule has 1 N–H and O–H groups in total. The van der Waals surface area contributed by atoms with E-state index in [0.29, 0.717) is 0 Å². The number of rotatable bonds is 0. The molecule has 3 nitrogen and oxygen atoms in total. The summed E-state index contributed by atoms with van der Waals surface area (Å²) in [6, 6.07) is 5.97. The predicted octanol–water partition coefficient (Wildman–Crippen LogP) is 2.54. The van der Waals surface area contributed by atoms with Crippen LogP contribution in [0, 0.1) is 6.92 Å². The minimum absolute atomic E-state index is 0. The highest BCUT2D eigenvalue weighted by atomic mass is 15.3. The van der Waals surface area contributed by atoms with Crippen molar-refractivity contribution in [3.8, 4) is 0 Å². The van der Waals surface area contributed by atoms with E-state index >= 15 is 0 Å². The van der Waals surface area contributed by atoms with Gasteiger partial charge in [0.1, 0.15) is 11.0 Å². The SMILES string of the molecule is CC.Cc1ccc2n[nH]nc2c1.[HH]. The van der Waals surface area contributed by atoms with Crippen LogP contribution in [-0.2, 0) is 0 Å². The third-order valence-electron chi connectivity index (χ3n) is 1.47. The third-order valence-corrected chi connectivity index (χ3v) is 1.47. The smallest absolute Gasteiger partial charge is 0.113 e. The molecule has 0 saturated carbocycles. The summed E-state index contributed by atoms with van der Waals surface area (Å²) in [5, 5.41) is 10.4. The van der Waals surface area contributed by atoms with Crippen LogP contribution in [0.2, 0.25) is 0 Å². The highest BCUT2D eigenvalue weighted by molar-refractivity contribution is 5.73. The first-order valence-corrected chi connectivity index (χ1v) is 4.13. The number of benzene rings is 1. The molecule has 0 spiro atoms. The van der Waals surface area contributed by atoms with E-state index in [0.717, 1.165) is 11.0 Å². The molecule has 0 amide bonds. The van der Waals surface area contributed by atoms with Crippen molar-refractivity contribution in [2.45, 2.75) is 20.8 Å². The van der Waals surface area contributed by atoms with Crippen LogP contribution in [0.1, 0.15) is 20.8 Å². The molecule has 0 fully saturated rings. The standard InChI is InChI=1S/C7H7N3.C2H6.H2/c1-5-2-3-6-7(4-5)9-10-8-6;1-2;/h2-4H,1H3,(H,8,9,10);1-2H3;1H. The first-order chi connectivity index (χ1) is 5.86. The quantitative estimate of drug-likeness (QED) is 0.651. The van der Waals surface area contributed by atoms with E-state index < -0.39 is 0 Å². The van der Waals surface area contributed by atoms with Gasteiger partial charge in [0.15, 0.2) is 0 Å². The Labute approximate surface area is 73.3 Å². The van der Waals surface area contributed by atoms with Crippen LogP contribution < -0.4 is 0 Å². The lowest BCUT2D eigenvalue weighted by Crippen LogP contribution is -1.71. The maximum Gasteiger partial charge on any atom is 0.113 e. The monoisotopic (exact) mass is 165 g/mol. The van der Waals surface area contributed by atoms with Crippen molar-refractivity contribution in [1.29, 1.82) is 0 Å². The summed E-state index contributed by atoms with van der Waals surface area (Å²) in [7, 11) is 0. The lowest BCUT2D eigenvalue weighted by molar-refractivity contribution is 0.959. The number of fused-ring (bicyclic) bond motifs is 1. The molecule has 2 aromatic rings. The van der Waals surface area contributed by atoms with E-state index in [1.165, 1.54) is 5.56 Å². The number of aromatic amines is 1. The van der Waals surface area contributed by atoms with Crippen LogP contribution in [0.15, 0.2) is 18.2 Å². The Morgan fingerprint density at radius 2 is 1.83 bits per heavy atom. The van der Waals surface area contributed by atoms with Gasteiger partial charge in [0, 0.05) is 1.43 Å². The molecule has 2 rings (SSSR count). The number of hydrogen-bond donors (Lipinski definition) is 1. The molecule has 0 unspecified atom stereocenters. The fourth-order valence-corrected chi connectivity index (χ4v) is 0.950. The molecule has 66 valence electrons. The van der Waals surface area contributed by atoms with Crippen LogP contribution in [-0.4, -0.2) is 15.4 Å². The van der Waals surface area contributed by atoms with Crippen LogP contribution in [0.5, 0.6) is 0 Å². The Balaban J connectivity index is 0.000000451. The lowest BCUT2D eigenvalue weighted by atomic mass is 10.2. The summed E-state index contributed by atoms with van der Waals surface area (Å²) >= 11 is 0. The molecular formula is C9H15N3. The first-order valence-electron chi connectivity index (χ1n) is 4.13. The number of nitrogens with zero attached hydrogens (tertiary/aromatic N) is 2. The van der Waals surface area contributed by atoms with E-state index in [-0.39, 0.29) is 1.43 Å². The van der Waals surface area contributed by atoms with Gasteiger partial charge in [0.25, 0.3) is 0 Å². The average molecular weight is 165 g/mol. The highest BCUT2D eigenvalue weighted by Gasteiger charge is 1.94. The van der Waals surface area contributed by atoms with Gasteiger partial charge in [-0.1, -0.05) is 19.9 Å². The second kappa shape index (κ2) is 3.85. The number of aromatic nitrogens is 3. The van der Waals surface area contributed by atoms with Gasteiger partial charge in [0.2, 0.25) is 0 Å². The van der Waals surface area contributed by atoms with Gasteiger partial charge >= 0.3 is 0 Å². The topological polar surface area (TPSA) is 41.6 Å². The Bertz CT molecular complexity index is 356. The van der Waals surface area contributed by atoms with Crippen molar-refractivity contribution >= 4 is 11.0 Å². The summed E-state index contributed by atoms with van der Waals surface area (Å²) in [4.78, 5) is 0. The summed E-state index contributed by atoms with van der Waals surface area (Å²) in [5.74, 6) is 0. The summed E-state index contributed by atoms with van der Waals surface area (Å²) in [6.45, 7) is 6.04. The molecule has 0 aliphatic carbocycles. The molecule has 0 aliphatic rings. The van der Waals surface area contributed by atoms with Crippen molar-refractivity contribution in [2.75, 3.05) is 0 Å². The van der Waals surface area contributed by atoms with Crippen LogP contribution in [0.3, 0.4) is 0 Å². The Morgan fingerprint density at radius 3 is 2.58 bits per heavy atom. The number of nitrogens with one attached hydrogen (secondary N) is 1. The third kappa shape index (κ3) is 1.61. The maximum absolute atomic E-state index is 3.94. The molecule has 1 aromatic heterocycles. The van der Waals surface area contributed by atoms with Crippen molar-refractivity contribution in [2.24, 2.45) is 0 Å². The van der Waals surface area contributed by atoms with Gasteiger partial charge in [-0.15, -0.1) is 0 Å². The minimum atomic E-state index is 0. The highest BCUT2D eigenvalue weighted by Crippen LogP contribution is 2.08. The van der Waals surface area contributed by atoms with Gasteiger partial charge < -0.3 is 0 Å². The molecule has 0 bridgehead atoms. The second-order valence-corrected chi connectivity index (χ2v) is 2.32. The molecule has 0 saturated heterocycles. The average Bonchev–Trinajstić information content (AvgIpc) is 2.54. The summed E-state index contributed by atoms with van der Waals surface area (Å²) in [6.07, 6.45) is 0. The van der Waals surface area contributed by atoms with Crippen molar-refractivity contribution < 1.29 is 1.43 Å². The Morgan fingerprint density at radius 1 is 1.17 bits per heavy atom. The zero-order chi connectivity index (χ0) is 8.97. The predicted molar refractivity (Wildman–Crippen MR) is 52.1 cm³/mol. The molecule has 0 radical (unpaired) electrons. The number of aryl methyl sites for hydroxylation is 1. The minimum Gasteiger partial charge on any atom is -0.197 e. The van der Waals surface area contributed by atoms with E-state index in [9.17, 15) is 0 Å². The normalized spacial score (nSPS) is 9.25. The fourth-order valence-electron chi connectivity index (χ4n) is 0.950. The van der Waals surface area contributed by atoms with E-state index in [1.807, 2.05) is 39.0 Å². The molecule has 12 heavy (non-hydrogen) atoms. The number of H-pyrrole nitrogens is 1. The zero-order valence-corrected chi connectivity index (χ0v) is 7.63. The van der Waals surface area contributed by atoms with Crippen LogP contribution >= 0.6 is 0 Å². The Hall–Kier alpha value is -1.38. The Kier molecular flexibility index (Phi) is 2.80. The summed E-state index contributed by atoms with van der Waals surface area (Å²) in [5.41, 5.74) is 3.06. The van der Waals surface area contributed by atoms with Gasteiger partial charge in [-0.05, 0) is 24.6 Å². The second-order valence-electron chi connectivity index (χ2n) is 2.32. The van der Waals surface area contributed by atoms with Crippen LogP contribution in [0.4, 0.5) is 0 Å². The van der Waals surface area contributed by atoms with E-state index in [4.69, 9.17) is 0 Å². The van der Waals surface area contributed by atoms with Gasteiger partial charge in [-0.2, -0.15) is 15.4 Å². The molecule has 1 heterocycles. The number of hydrogen-bond acceptors (Lipinski definition) is 2. The van der Waals surface area contributed by atoms with E-state index in [2.05, 4.69) is 15.4 Å². The summed E-state index contributed by atoms with van der Waals surface area (Å²) < 4.78 is 0. The van der Waals surface area contributed by atoms with Gasteiger partial charge in [0.05, 0.1) is 0 Å². The van der Waals surface area contributed by atoms with Crippen LogP contribution in [0.25, 0.3) is 11.0 Å². The molecule has 0 atom stereocenters. The van der Waals surface area contributed by atoms with Gasteiger partial charge in [-0.25, -0.2) is 0 Å². The largest absolute Gasteiger partial charge is 0.197 e. The van der Waals surface area contributed by atoms with Gasteiger partial charge in [-0.3, -0.25) is 0 Å². The zero-order valence-electron chi connectivity index (χ0n) is 7.63. The van der Waals surface area contributed by atoms with Crippen molar-refractivity contribution in [1.82, 2.24) is 15.4 Å².